The van der Waals surface area contributed by atoms with Crippen LogP contribution in [0.5, 0.6) is 0 Å². The second-order valence-corrected chi connectivity index (χ2v) is 4.92. The van der Waals surface area contributed by atoms with Crippen LogP contribution in [-0.4, -0.2) is 42.1 Å². The largest absolute Gasteiger partial charge is 0.381 e. The van der Waals surface area contributed by atoms with Gasteiger partial charge in [-0.15, -0.1) is 0 Å². The fourth-order valence-corrected chi connectivity index (χ4v) is 2.27. The molecule has 2 rings (SSSR count). The summed E-state index contributed by atoms with van der Waals surface area (Å²) >= 11 is 0. The molecule has 19 heavy (non-hydrogen) atoms. The number of aromatic nitrogens is 1. The van der Waals surface area contributed by atoms with Gasteiger partial charge in [-0.05, 0) is 18.9 Å². The number of rotatable bonds is 5. The van der Waals surface area contributed by atoms with Crippen molar-refractivity contribution in [1.29, 1.82) is 0 Å². The van der Waals surface area contributed by atoms with E-state index in [0.29, 0.717) is 11.5 Å². The molecule has 1 fully saturated rings. The first-order chi connectivity index (χ1) is 9.20. The Morgan fingerprint density at radius 2 is 2.37 bits per heavy atom. The van der Waals surface area contributed by atoms with Crippen molar-refractivity contribution in [3.05, 3.63) is 34.2 Å². The Kier molecular flexibility index (Phi) is 4.74. The third kappa shape index (κ3) is 3.67. The average molecular weight is 264 g/mol. The molecule has 2 heterocycles. The molecule has 0 aromatic carbocycles. The number of ether oxygens (including phenoxy) is 1. The number of H-pyrrole nitrogens is 1. The van der Waals surface area contributed by atoms with E-state index in [1.54, 1.807) is 6.07 Å². The predicted molar refractivity (Wildman–Crippen MR) is 72.2 cm³/mol. The van der Waals surface area contributed by atoms with Gasteiger partial charge in [0.25, 0.3) is 5.91 Å². The number of likely N-dealkylation sites (tertiary alicyclic amines) is 1. The first-order valence-electron chi connectivity index (χ1n) is 6.76. The lowest BCUT2D eigenvalue weighted by atomic mass is 10.1. The van der Waals surface area contributed by atoms with Gasteiger partial charge in [0.15, 0.2) is 0 Å². The Morgan fingerprint density at radius 1 is 1.53 bits per heavy atom. The molecule has 1 N–H and O–H groups in total. The summed E-state index contributed by atoms with van der Waals surface area (Å²) in [6, 6.07) is 2.95. The third-order valence-corrected chi connectivity index (χ3v) is 3.31. The lowest BCUT2D eigenvalue weighted by Gasteiger charge is -2.16. The van der Waals surface area contributed by atoms with Gasteiger partial charge in [0.05, 0.1) is 12.2 Å². The minimum absolute atomic E-state index is 0.0192. The molecule has 1 amide bonds. The lowest BCUT2D eigenvalue weighted by molar-refractivity contribution is 0.0754. The summed E-state index contributed by atoms with van der Waals surface area (Å²) in [4.78, 5) is 27.5. The van der Waals surface area contributed by atoms with E-state index in [1.165, 1.54) is 12.3 Å². The van der Waals surface area contributed by atoms with Crippen molar-refractivity contribution in [2.24, 2.45) is 5.92 Å². The molecule has 1 atom stereocenters. The van der Waals surface area contributed by atoms with Crippen molar-refractivity contribution in [1.82, 2.24) is 9.88 Å². The molecule has 0 radical (unpaired) electrons. The van der Waals surface area contributed by atoms with Gasteiger partial charge in [0.2, 0.25) is 5.56 Å². The molecule has 5 nitrogen and oxygen atoms in total. The van der Waals surface area contributed by atoms with Crippen LogP contribution in [-0.2, 0) is 4.74 Å². The number of nitrogens with one attached hydrogen (secondary N) is 1. The van der Waals surface area contributed by atoms with Gasteiger partial charge in [-0.2, -0.15) is 0 Å². The minimum atomic E-state index is -0.191. The Hall–Kier alpha value is -1.62. The van der Waals surface area contributed by atoms with Crippen molar-refractivity contribution in [3.8, 4) is 0 Å². The van der Waals surface area contributed by atoms with Crippen molar-refractivity contribution in [2.45, 2.75) is 19.8 Å². The monoisotopic (exact) mass is 264 g/mol. The molecule has 5 heteroatoms. The maximum atomic E-state index is 12.2. The first kappa shape index (κ1) is 13.8. The van der Waals surface area contributed by atoms with Gasteiger partial charge >= 0.3 is 0 Å². The fourth-order valence-electron chi connectivity index (χ4n) is 2.27. The molecular formula is C14H20N2O3. The Balaban J connectivity index is 1.88. The highest BCUT2D eigenvalue weighted by atomic mass is 16.5. The van der Waals surface area contributed by atoms with Gasteiger partial charge in [0.1, 0.15) is 0 Å². The van der Waals surface area contributed by atoms with E-state index in [4.69, 9.17) is 4.74 Å². The van der Waals surface area contributed by atoms with Gasteiger partial charge in [-0.1, -0.05) is 6.92 Å². The number of aromatic amines is 1. The molecule has 104 valence electrons. The maximum Gasteiger partial charge on any atom is 0.255 e. The summed E-state index contributed by atoms with van der Waals surface area (Å²) in [6.07, 6.45) is 3.48. The second-order valence-electron chi connectivity index (χ2n) is 4.92. The summed E-state index contributed by atoms with van der Waals surface area (Å²) < 4.78 is 5.53. The molecule has 1 aliphatic rings. The first-order valence-corrected chi connectivity index (χ1v) is 6.76. The molecule has 0 aliphatic carbocycles. The second kappa shape index (κ2) is 6.52. The molecular weight excluding hydrogens is 244 g/mol. The summed E-state index contributed by atoms with van der Waals surface area (Å²) in [7, 11) is 0. The van der Waals surface area contributed by atoms with E-state index in [2.05, 4.69) is 11.9 Å². The van der Waals surface area contributed by atoms with Crippen LogP contribution in [0.4, 0.5) is 0 Å². The number of carbonyl (C=O) groups excluding carboxylic acids is 1. The lowest BCUT2D eigenvalue weighted by Crippen LogP contribution is -2.29. The Labute approximate surface area is 112 Å². The fraction of sp³-hybridized carbons (Fsp3) is 0.571. The van der Waals surface area contributed by atoms with Crippen molar-refractivity contribution in [3.63, 3.8) is 0 Å². The normalized spacial score (nSPS) is 18.8. The van der Waals surface area contributed by atoms with Crippen molar-refractivity contribution < 1.29 is 9.53 Å². The van der Waals surface area contributed by atoms with E-state index >= 15 is 0 Å². The Morgan fingerprint density at radius 3 is 3.05 bits per heavy atom. The molecule has 1 aromatic heterocycles. The van der Waals surface area contributed by atoms with Crippen LogP contribution in [0.2, 0.25) is 0 Å². The predicted octanol–water partition coefficient (Wildman–Crippen LogP) is 1.26. The Bertz CT molecular complexity index is 463. The highest BCUT2D eigenvalue weighted by molar-refractivity contribution is 5.94. The number of nitrogens with zero attached hydrogens (tertiary/aromatic N) is 1. The molecule has 1 saturated heterocycles. The number of amides is 1. The quantitative estimate of drug-likeness (QED) is 0.814. The number of hydrogen-bond acceptors (Lipinski definition) is 3. The number of carbonyl (C=O) groups is 1. The highest BCUT2D eigenvalue weighted by Gasteiger charge is 2.26. The summed E-state index contributed by atoms with van der Waals surface area (Å²) in [5.74, 6) is 0.410. The third-order valence-electron chi connectivity index (χ3n) is 3.31. The van der Waals surface area contributed by atoms with E-state index in [0.717, 1.165) is 39.1 Å². The molecule has 0 bridgehead atoms. The van der Waals surface area contributed by atoms with Crippen LogP contribution >= 0.6 is 0 Å². The summed E-state index contributed by atoms with van der Waals surface area (Å²) in [6.45, 7) is 5.09. The molecule has 0 spiro atoms. The smallest absolute Gasteiger partial charge is 0.255 e. The summed E-state index contributed by atoms with van der Waals surface area (Å²) in [5, 5.41) is 0. The zero-order chi connectivity index (χ0) is 13.7. The van der Waals surface area contributed by atoms with Gasteiger partial charge < -0.3 is 14.6 Å². The van der Waals surface area contributed by atoms with Crippen LogP contribution in [0.1, 0.15) is 30.1 Å². The number of hydrogen-bond donors (Lipinski definition) is 1. The molecule has 0 unspecified atom stereocenters. The van der Waals surface area contributed by atoms with Crippen molar-refractivity contribution in [2.75, 3.05) is 26.3 Å². The van der Waals surface area contributed by atoms with Crippen LogP contribution in [0.25, 0.3) is 0 Å². The van der Waals surface area contributed by atoms with Crippen LogP contribution in [0, 0.1) is 5.92 Å². The van der Waals surface area contributed by atoms with Gasteiger partial charge in [-0.3, -0.25) is 9.59 Å². The topological polar surface area (TPSA) is 62.4 Å². The van der Waals surface area contributed by atoms with Crippen LogP contribution in [0.15, 0.2) is 23.1 Å². The van der Waals surface area contributed by atoms with E-state index in [-0.39, 0.29) is 11.5 Å². The zero-order valence-corrected chi connectivity index (χ0v) is 11.2. The molecule has 1 aromatic rings. The number of pyridine rings is 1. The standard InChI is InChI=1S/C14H20N2O3/c1-2-7-19-10-11-5-6-16(9-11)14(18)12-3-4-13(17)15-8-12/h3-4,8,11H,2,5-7,9-10H2,1H3,(H,15,17)/t11-/m1/s1. The van der Waals surface area contributed by atoms with Gasteiger partial charge in [0, 0.05) is 37.9 Å². The highest BCUT2D eigenvalue weighted by Crippen LogP contribution is 2.18. The SMILES string of the molecule is CCCOC[C@@H]1CCN(C(=O)c2ccc(=O)[nH]c2)C1. The molecule has 0 saturated carbocycles. The van der Waals surface area contributed by atoms with Crippen LogP contribution in [0.3, 0.4) is 0 Å². The minimum Gasteiger partial charge on any atom is -0.381 e. The van der Waals surface area contributed by atoms with E-state index in [1.807, 2.05) is 4.90 Å². The maximum absolute atomic E-state index is 12.2. The molecule has 1 aliphatic heterocycles. The zero-order valence-electron chi connectivity index (χ0n) is 11.2. The van der Waals surface area contributed by atoms with E-state index in [9.17, 15) is 9.59 Å². The van der Waals surface area contributed by atoms with Crippen molar-refractivity contribution >= 4 is 5.91 Å². The van der Waals surface area contributed by atoms with Crippen LogP contribution < -0.4 is 5.56 Å². The van der Waals surface area contributed by atoms with E-state index < -0.39 is 0 Å². The summed E-state index contributed by atoms with van der Waals surface area (Å²) in [5.41, 5.74) is 0.346. The average Bonchev–Trinajstić information content (AvgIpc) is 2.88. The van der Waals surface area contributed by atoms with Gasteiger partial charge in [-0.25, -0.2) is 0 Å².